The summed E-state index contributed by atoms with van der Waals surface area (Å²) in [6.07, 6.45) is 3.43. The van der Waals surface area contributed by atoms with Crippen LogP contribution in [0.1, 0.15) is 5.69 Å². The van der Waals surface area contributed by atoms with Crippen LogP contribution in [0.25, 0.3) is 5.78 Å². The highest BCUT2D eigenvalue weighted by Gasteiger charge is 2.02. The Balaban J connectivity index is 2.49. The number of nitrogens with zero attached hydrogens (tertiary/aromatic N) is 4. The van der Waals surface area contributed by atoms with Gasteiger partial charge in [-0.05, 0) is 6.92 Å². The van der Waals surface area contributed by atoms with E-state index in [1.165, 1.54) is 0 Å². The van der Waals surface area contributed by atoms with E-state index >= 15 is 0 Å². The van der Waals surface area contributed by atoms with Crippen LogP contribution in [-0.4, -0.2) is 26.1 Å². The van der Waals surface area contributed by atoms with E-state index in [2.05, 4.69) is 27.1 Å². The van der Waals surface area contributed by atoms with Crippen molar-refractivity contribution in [3.63, 3.8) is 0 Å². The lowest BCUT2D eigenvalue weighted by atomic mass is 10.4. The van der Waals surface area contributed by atoms with E-state index in [-0.39, 0.29) is 0 Å². The molecule has 0 saturated heterocycles. The van der Waals surface area contributed by atoms with Crippen LogP contribution in [0.4, 0.5) is 5.82 Å². The van der Waals surface area contributed by atoms with E-state index in [0.717, 1.165) is 11.5 Å². The lowest BCUT2D eigenvalue weighted by Gasteiger charge is -2.06. The lowest BCUT2D eigenvalue weighted by Crippen LogP contribution is -2.04. The molecule has 2 aromatic heterocycles. The molecule has 0 saturated carbocycles. The Morgan fingerprint density at radius 3 is 3.29 bits per heavy atom. The summed E-state index contributed by atoms with van der Waals surface area (Å²) in [7, 11) is 0. The summed E-state index contributed by atoms with van der Waals surface area (Å²) in [4.78, 5) is 4.23. The molecule has 0 bridgehead atoms. The minimum Gasteiger partial charge on any atom is -0.368 e. The molecule has 1 N–H and O–H groups in total. The fourth-order valence-corrected chi connectivity index (χ4v) is 1.25. The molecule has 0 radical (unpaired) electrons. The summed E-state index contributed by atoms with van der Waals surface area (Å²) in [6.45, 7) is 6.28. The molecule has 72 valence electrons. The maximum atomic E-state index is 4.23. The minimum atomic E-state index is 0.608. The van der Waals surface area contributed by atoms with E-state index in [1.807, 2.05) is 13.0 Å². The molecular formula is C9H11N5. The zero-order valence-corrected chi connectivity index (χ0v) is 7.94. The summed E-state index contributed by atoms with van der Waals surface area (Å²) in [5, 5.41) is 10.9. The van der Waals surface area contributed by atoms with Gasteiger partial charge < -0.3 is 5.32 Å². The summed E-state index contributed by atoms with van der Waals surface area (Å²) in [6, 6.07) is 1.94. The molecule has 0 aliphatic heterocycles. The molecule has 2 heterocycles. The van der Waals surface area contributed by atoms with Gasteiger partial charge in [-0.2, -0.15) is 0 Å². The zero-order valence-electron chi connectivity index (χ0n) is 7.94. The average Bonchev–Trinajstić information content (AvgIpc) is 2.61. The molecule has 0 spiro atoms. The molecule has 0 atom stereocenters. The van der Waals surface area contributed by atoms with Gasteiger partial charge in [0.1, 0.15) is 12.1 Å². The molecule has 0 amide bonds. The van der Waals surface area contributed by atoms with Crippen molar-refractivity contribution in [2.24, 2.45) is 0 Å². The van der Waals surface area contributed by atoms with Gasteiger partial charge in [-0.3, -0.25) is 4.40 Å². The summed E-state index contributed by atoms with van der Waals surface area (Å²) in [5.74, 6) is 1.54. The fourth-order valence-electron chi connectivity index (χ4n) is 1.25. The van der Waals surface area contributed by atoms with Gasteiger partial charge in [0.15, 0.2) is 0 Å². The van der Waals surface area contributed by atoms with Crippen LogP contribution >= 0.6 is 0 Å². The highest BCUT2D eigenvalue weighted by atomic mass is 15.3. The first-order chi connectivity index (χ1) is 6.81. The van der Waals surface area contributed by atoms with Crippen molar-refractivity contribution in [1.82, 2.24) is 19.6 Å². The fraction of sp³-hybridized carbons (Fsp3) is 0.222. The number of rotatable bonds is 3. The first-order valence-electron chi connectivity index (χ1n) is 4.33. The number of aryl methyl sites for hydroxylation is 1. The van der Waals surface area contributed by atoms with Crippen LogP contribution in [0.15, 0.2) is 25.0 Å². The highest BCUT2D eigenvalue weighted by molar-refractivity contribution is 5.45. The molecule has 0 unspecified atom stereocenters. The highest BCUT2D eigenvalue weighted by Crippen LogP contribution is 2.09. The van der Waals surface area contributed by atoms with E-state index in [1.54, 1.807) is 16.8 Å². The summed E-state index contributed by atoms with van der Waals surface area (Å²) >= 11 is 0. The number of hydrogen-bond donors (Lipinski definition) is 1. The van der Waals surface area contributed by atoms with Crippen molar-refractivity contribution < 1.29 is 0 Å². The van der Waals surface area contributed by atoms with Crippen LogP contribution in [0, 0.1) is 6.92 Å². The number of nitrogens with one attached hydrogen (secondary N) is 1. The van der Waals surface area contributed by atoms with E-state index in [0.29, 0.717) is 12.3 Å². The van der Waals surface area contributed by atoms with Gasteiger partial charge in [0.05, 0.1) is 0 Å². The monoisotopic (exact) mass is 189 g/mol. The normalized spacial score (nSPS) is 10.4. The lowest BCUT2D eigenvalue weighted by molar-refractivity contribution is 1.06. The molecule has 2 aromatic rings. The van der Waals surface area contributed by atoms with E-state index in [9.17, 15) is 0 Å². The minimum absolute atomic E-state index is 0.608. The van der Waals surface area contributed by atoms with Crippen molar-refractivity contribution in [3.8, 4) is 0 Å². The van der Waals surface area contributed by atoms with Crippen LogP contribution < -0.4 is 5.32 Å². The van der Waals surface area contributed by atoms with Crippen LogP contribution in [0.5, 0.6) is 0 Å². The van der Waals surface area contributed by atoms with Gasteiger partial charge in [-0.25, -0.2) is 4.98 Å². The molecule has 14 heavy (non-hydrogen) atoms. The second-order valence-corrected chi connectivity index (χ2v) is 2.95. The number of anilines is 1. The molecule has 5 heteroatoms. The first kappa shape index (κ1) is 8.68. The summed E-state index contributed by atoms with van der Waals surface area (Å²) < 4.78 is 1.80. The van der Waals surface area contributed by atoms with Crippen molar-refractivity contribution in [2.75, 3.05) is 11.9 Å². The molecule has 2 rings (SSSR count). The van der Waals surface area contributed by atoms with Crippen LogP contribution in [-0.2, 0) is 0 Å². The Kier molecular flexibility index (Phi) is 2.14. The van der Waals surface area contributed by atoms with Crippen molar-refractivity contribution >= 4 is 11.6 Å². The Morgan fingerprint density at radius 1 is 1.64 bits per heavy atom. The quantitative estimate of drug-likeness (QED) is 0.733. The Labute approximate surface area is 81.5 Å². The number of fused-ring (bicyclic) bond motifs is 1. The molecule has 0 aromatic carbocycles. The molecule has 0 aliphatic rings. The maximum absolute atomic E-state index is 4.23. The second kappa shape index (κ2) is 3.45. The van der Waals surface area contributed by atoms with Gasteiger partial charge in [0.2, 0.25) is 0 Å². The predicted octanol–water partition coefficient (Wildman–Crippen LogP) is 1.03. The second-order valence-electron chi connectivity index (χ2n) is 2.95. The first-order valence-corrected chi connectivity index (χ1v) is 4.33. The van der Waals surface area contributed by atoms with Gasteiger partial charge >= 0.3 is 0 Å². The third-order valence-electron chi connectivity index (χ3n) is 1.84. The molecule has 0 fully saturated rings. The average molecular weight is 189 g/mol. The molecule has 0 aliphatic carbocycles. The third-order valence-corrected chi connectivity index (χ3v) is 1.84. The van der Waals surface area contributed by atoms with Gasteiger partial charge in [-0.15, -0.1) is 16.8 Å². The Morgan fingerprint density at radius 2 is 2.50 bits per heavy atom. The predicted molar refractivity (Wildman–Crippen MR) is 54.2 cm³/mol. The number of aromatic nitrogens is 4. The van der Waals surface area contributed by atoms with Gasteiger partial charge in [-0.1, -0.05) is 6.08 Å². The van der Waals surface area contributed by atoms with Gasteiger partial charge in [0, 0.05) is 18.3 Å². The maximum Gasteiger partial charge on any atom is 0.256 e. The van der Waals surface area contributed by atoms with Crippen LogP contribution in [0.3, 0.4) is 0 Å². The van der Waals surface area contributed by atoms with Crippen molar-refractivity contribution in [2.45, 2.75) is 6.92 Å². The SMILES string of the molecule is C=CCNc1cc(C)nc2nncn12. The Bertz CT molecular complexity index is 459. The number of hydrogen-bond acceptors (Lipinski definition) is 4. The van der Waals surface area contributed by atoms with Crippen molar-refractivity contribution in [3.05, 3.63) is 30.7 Å². The Hall–Kier alpha value is -1.91. The third kappa shape index (κ3) is 1.44. The van der Waals surface area contributed by atoms with E-state index in [4.69, 9.17) is 0 Å². The smallest absolute Gasteiger partial charge is 0.256 e. The van der Waals surface area contributed by atoms with E-state index < -0.39 is 0 Å². The standard InChI is InChI=1S/C9H11N5/c1-3-4-10-8-5-7(2)12-9-13-11-6-14(8)9/h3,5-6,10H,1,4H2,2H3. The van der Waals surface area contributed by atoms with Crippen molar-refractivity contribution in [1.29, 1.82) is 0 Å². The topological polar surface area (TPSA) is 55.1 Å². The largest absolute Gasteiger partial charge is 0.368 e. The summed E-state index contributed by atoms with van der Waals surface area (Å²) in [5.41, 5.74) is 0.914. The zero-order chi connectivity index (χ0) is 9.97. The molecule has 5 nitrogen and oxygen atoms in total. The van der Waals surface area contributed by atoms with Crippen LogP contribution in [0.2, 0.25) is 0 Å². The van der Waals surface area contributed by atoms with Gasteiger partial charge in [0.25, 0.3) is 5.78 Å². The molecular weight excluding hydrogens is 178 g/mol.